The Morgan fingerprint density at radius 1 is 1.10 bits per heavy atom. The van der Waals surface area contributed by atoms with E-state index >= 15 is 0 Å². The van der Waals surface area contributed by atoms with Gasteiger partial charge in [0.1, 0.15) is 16.5 Å². The molecule has 1 amide bonds. The van der Waals surface area contributed by atoms with Crippen molar-refractivity contribution in [2.45, 2.75) is 47.9 Å². The molecular weight excluding hydrogens is 584 g/mol. The van der Waals surface area contributed by atoms with E-state index in [-0.39, 0.29) is 17.5 Å². The Balaban J connectivity index is 1.80. The fourth-order valence-corrected chi connectivity index (χ4v) is 7.81. The van der Waals surface area contributed by atoms with Crippen LogP contribution >= 0.6 is 0 Å². The average molecular weight is 606 g/mol. The number of aromatic nitrogens is 1. The highest BCUT2D eigenvalue weighted by Crippen LogP contribution is 2.66. The van der Waals surface area contributed by atoms with Gasteiger partial charge < -0.3 is 15.6 Å². The predicted molar refractivity (Wildman–Crippen MR) is 126 cm³/mol. The second-order valence-electron chi connectivity index (χ2n) is 10.0. The number of nitrogens with two attached hydrogens (primary N) is 1. The first-order valence-electron chi connectivity index (χ1n) is 11.8. The summed E-state index contributed by atoms with van der Waals surface area (Å²) in [5.74, 6) is -3.97. The number of sulfone groups is 1. The molecule has 0 saturated heterocycles. The van der Waals surface area contributed by atoms with Gasteiger partial charge in [-0.05, 0) is 54.7 Å². The van der Waals surface area contributed by atoms with Gasteiger partial charge in [0.2, 0.25) is 5.91 Å². The fraction of sp³-hybridized carbons (Fsp3) is 0.440. The van der Waals surface area contributed by atoms with Crippen molar-refractivity contribution in [3.05, 3.63) is 47.8 Å². The van der Waals surface area contributed by atoms with Gasteiger partial charge in [0.25, 0.3) is 0 Å². The highest BCUT2D eigenvalue weighted by molar-refractivity contribution is 7.92. The number of rotatable bonds is 7. The van der Waals surface area contributed by atoms with E-state index in [1.165, 1.54) is 0 Å². The van der Waals surface area contributed by atoms with Crippen LogP contribution in [0.5, 0.6) is 0 Å². The first-order chi connectivity index (χ1) is 18.9. The standard InChI is InChI=1S/C25H21F6N3O6S/c1-40-19-8-14(9-23(19,21(36)37)17-10-22(17,11-32)20(33)35)41(38,39)16-3-2-12(6-15(16)24(26,27)28)13-4-5-34-18(7-13)25(29,30)31/h2-7,14,17,19H,8-10H2,1H3,(H2,33,35)(H,36,37)/t14-,17?,19+,22?,23+/m0/s1. The number of primary amides is 1. The minimum absolute atomic E-state index is 0.299. The number of pyridine rings is 1. The van der Waals surface area contributed by atoms with Crippen LogP contribution in [0.15, 0.2) is 41.4 Å². The molecule has 1 aromatic heterocycles. The lowest BCUT2D eigenvalue weighted by Crippen LogP contribution is -2.44. The van der Waals surface area contributed by atoms with Crippen LogP contribution in [-0.4, -0.2) is 48.8 Å². The Morgan fingerprint density at radius 2 is 1.73 bits per heavy atom. The number of alkyl halides is 6. The maximum Gasteiger partial charge on any atom is 0.433 e. The second-order valence-corrected chi connectivity index (χ2v) is 12.2. The quantitative estimate of drug-likeness (QED) is 0.451. The van der Waals surface area contributed by atoms with Gasteiger partial charge in [-0.2, -0.15) is 31.6 Å². The number of carbonyl (C=O) groups excluding carboxylic acids is 1. The third kappa shape index (κ3) is 4.80. The van der Waals surface area contributed by atoms with Crippen molar-refractivity contribution in [1.82, 2.24) is 4.98 Å². The first kappa shape index (κ1) is 30.3. The number of hydrogen-bond acceptors (Lipinski definition) is 7. The molecule has 0 spiro atoms. The smallest absolute Gasteiger partial charge is 0.433 e. The van der Waals surface area contributed by atoms with Gasteiger partial charge in [0.15, 0.2) is 9.84 Å². The van der Waals surface area contributed by atoms with Crippen LogP contribution in [0, 0.1) is 28.1 Å². The minimum atomic E-state index is -5.28. The number of methoxy groups -OCH3 is 1. The normalized spacial score (nSPS) is 28.2. The summed E-state index contributed by atoms with van der Waals surface area (Å²) in [5.41, 5.74) is -2.43. The predicted octanol–water partition coefficient (Wildman–Crippen LogP) is 3.82. The largest absolute Gasteiger partial charge is 0.481 e. The van der Waals surface area contributed by atoms with Crippen LogP contribution in [0.1, 0.15) is 30.5 Å². The molecule has 2 aliphatic rings. The van der Waals surface area contributed by atoms with E-state index in [1.54, 1.807) is 6.07 Å². The van der Waals surface area contributed by atoms with Crippen LogP contribution in [0.2, 0.25) is 0 Å². The Labute approximate surface area is 228 Å². The molecule has 16 heteroatoms. The Kier molecular flexibility index (Phi) is 7.15. The van der Waals surface area contributed by atoms with Gasteiger partial charge in [0, 0.05) is 19.2 Å². The summed E-state index contributed by atoms with van der Waals surface area (Å²) in [6, 6.07) is 5.12. The molecule has 0 bridgehead atoms. The third-order valence-corrected chi connectivity index (χ3v) is 10.1. The third-order valence-electron chi connectivity index (χ3n) is 7.94. The highest BCUT2D eigenvalue weighted by atomic mass is 32.2. The molecule has 3 N–H and O–H groups in total. The van der Waals surface area contributed by atoms with Gasteiger partial charge in [0.05, 0.1) is 27.9 Å². The molecule has 5 atom stereocenters. The summed E-state index contributed by atoms with van der Waals surface area (Å²) in [6.07, 6.45) is -12.5. The number of aliphatic carboxylic acids is 1. The van der Waals surface area contributed by atoms with E-state index in [0.717, 1.165) is 25.4 Å². The molecule has 2 saturated carbocycles. The van der Waals surface area contributed by atoms with Gasteiger partial charge >= 0.3 is 18.3 Å². The zero-order valence-electron chi connectivity index (χ0n) is 21.0. The Bertz CT molecular complexity index is 1570. The Morgan fingerprint density at radius 3 is 2.22 bits per heavy atom. The van der Waals surface area contributed by atoms with E-state index in [1.807, 2.05) is 0 Å². The number of halogens is 6. The van der Waals surface area contributed by atoms with Crippen LogP contribution in [-0.2, 0) is 36.5 Å². The van der Waals surface area contributed by atoms with Gasteiger partial charge in [-0.25, -0.2) is 8.42 Å². The highest BCUT2D eigenvalue weighted by Gasteiger charge is 2.75. The lowest BCUT2D eigenvalue weighted by atomic mass is 9.75. The summed E-state index contributed by atoms with van der Waals surface area (Å²) < 4.78 is 114. The number of hydrogen-bond donors (Lipinski definition) is 2. The maximum absolute atomic E-state index is 14.2. The molecule has 1 aromatic carbocycles. The molecular formula is C25H21F6N3O6S. The van der Waals surface area contributed by atoms with Gasteiger partial charge in [-0.15, -0.1) is 0 Å². The number of carboxylic acid groups (broad SMARTS) is 1. The number of nitrogens with zero attached hydrogens (tertiary/aromatic N) is 2. The first-order valence-corrected chi connectivity index (χ1v) is 13.4. The van der Waals surface area contributed by atoms with E-state index in [2.05, 4.69) is 4.98 Å². The topological polar surface area (TPSA) is 160 Å². The molecule has 2 unspecified atom stereocenters. The minimum Gasteiger partial charge on any atom is -0.481 e. The van der Waals surface area contributed by atoms with Crippen LogP contribution in [0.4, 0.5) is 26.3 Å². The molecule has 2 aromatic rings. The maximum atomic E-state index is 14.2. The fourth-order valence-electron chi connectivity index (χ4n) is 5.78. The van der Waals surface area contributed by atoms with Crippen molar-refractivity contribution >= 4 is 21.7 Å². The van der Waals surface area contributed by atoms with E-state index in [0.29, 0.717) is 18.2 Å². The molecule has 0 radical (unpaired) electrons. The number of carbonyl (C=O) groups is 2. The van der Waals surface area contributed by atoms with Gasteiger partial charge in [-0.1, -0.05) is 6.07 Å². The second kappa shape index (κ2) is 9.69. The monoisotopic (exact) mass is 605 g/mol. The van der Waals surface area contributed by atoms with Crippen molar-refractivity contribution in [2.75, 3.05) is 7.11 Å². The number of carboxylic acids is 1. The number of amides is 1. The molecule has 220 valence electrons. The molecule has 2 aliphatic carbocycles. The Hall–Kier alpha value is -3.71. The molecule has 2 fully saturated rings. The van der Waals surface area contributed by atoms with Crippen molar-refractivity contribution < 1.29 is 54.2 Å². The zero-order chi connectivity index (χ0) is 30.8. The van der Waals surface area contributed by atoms with Gasteiger partial charge in [-0.3, -0.25) is 14.6 Å². The van der Waals surface area contributed by atoms with Crippen LogP contribution < -0.4 is 5.73 Å². The molecule has 9 nitrogen and oxygen atoms in total. The number of nitriles is 1. The SMILES string of the molecule is CO[C@@H]1C[C@H](S(=O)(=O)c2ccc(-c3ccnc(C(F)(F)F)c3)cc2C(F)(F)F)C[C@@]1(C(=O)O)C1CC1(C#N)C(N)=O. The molecule has 41 heavy (non-hydrogen) atoms. The van der Waals surface area contributed by atoms with E-state index in [9.17, 15) is 54.7 Å². The molecule has 0 aliphatic heterocycles. The summed E-state index contributed by atoms with van der Waals surface area (Å²) in [4.78, 5) is 26.5. The van der Waals surface area contributed by atoms with E-state index in [4.69, 9.17) is 10.5 Å². The van der Waals surface area contributed by atoms with Crippen molar-refractivity contribution in [3.63, 3.8) is 0 Å². The van der Waals surface area contributed by atoms with Crippen molar-refractivity contribution in [1.29, 1.82) is 5.26 Å². The van der Waals surface area contributed by atoms with Crippen molar-refractivity contribution in [3.8, 4) is 17.2 Å². The summed E-state index contributed by atoms with van der Waals surface area (Å²) >= 11 is 0. The number of benzene rings is 1. The van der Waals surface area contributed by atoms with E-state index < -0.39 is 91.2 Å². The molecule has 4 rings (SSSR count). The lowest BCUT2D eigenvalue weighted by Gasteiger charge is -2.31. The van der Waals surface area contributed by atoms with Crippen molar-refractivity contribution in [2.24, 2.45) is 22.5 Å². The summed E-state index contributed by atoms with van der Waals surface area (Å²) in [5, 5.41) is 18.0. The lowest BCUT2D eigenvalue weighted by molar-refractivity contribution is -0.159. The van der Waals surface area contributed by atoms with Crippen LogP contribution in [0.25, 0.3) is 11.1 Å². The summed E-state index contributed by atoms with van der Waals surface area (Å²) in [7, 11) is -3.89. The average Bonchev–Trinajstić information content (AvgIpc) is 3.52. The molecule has 1 heterocycles. The van der Waals surface area contributed by atoms with Crippen LogP contribution in [0.3, 0.4) is 0 Å². The zero-order valence-corrected chi connectivity index (χ0v) is 21.8. The summed E-state index contributed by atoms with van der Waals surface area (Å²) in [6.45, 7) is 0. The number of ether oxygens (including phenoxy) is 1.